The van der Waals surface area contributed by atoms with E-state index in [0.29, 0.717) is 10.6 Å². The number of benzene rings is 1. The Morgan fingerprint density at radius 1 is 1.41 bits per heavy atom. The highest BCUT2D eigenvalue weighted by atomic mass is 35.5. The molecule has 2 rings (SSSR count). The number of aromatic nitrogens is 2. The summed E-state index contributed by atoms with van der Waals surface area (Å²) in [4.78, 5) is 12.4. The summed E-state index contributed by atoms with van der Waals surface area (Å²) in [6.45, 7) is 6.15. The highest BCUT2D eigenvalue weighted by Gasteiger charge is 2.18. The van der Waals surface area contributed by atoms with Gasteiger partial charge in [0, 0.05) is 11.1 Å². The highest BCUT2D eigenvalue weighted by Crippen LogP contribution is 2.19. The van der Waals surface area contributed by atoms with Crippen molar-refractivity contribution in [3.8, 4) is 5.69 Å². The molecule has 0 bridgehead atoms. The van der Waals surface area contributed by atoms with E-state index >= 15 is 0 Å². The van der Waals surface area contributed by atoms with Crippen molar-refractivity contribution in [1.82, 2.24) is 15.1 Å². The molecule has 0 aliphatic rings. The van der Waals surface area contributed by atoms with Gasteiger partial charge in [0.1, 0.15) is 0 Å². The Balaban J connectivity index is 2.29. The zero-order valence-electron chi connectivity index (χ0n) is 13.3. The second kappa shape index (κ2) is 7.45. The summed E-state index contributed by atoms with van der Waals surface area (Å²) in [5.41, 5.74) is 2.39. The molecule has 2 aromatic rings. The van der Waals surface area contributed by atoms with E-state index in [2.05, 4.69) is 17.3 Å². The highest BCUT2D eigenvalue weighted by molar-refractivity contribution is 6.30. The van der Waals surface area contributed by atoms with Crippen LogP contribution in [0.3, 0.4) is 0 Å². The van der Waals surface area contributed by atoms with Crippen molar-refractivity contribution in [3.63, 3.8) is 0 Å². The molecule has 1 unspecified atom stereocenters. The molecule has 0 aliphatic carbocycles. The molecule has 1 aromatic heterocycles. The summed E-state index contributed by atoms with van der Waals surface area (Å²) >= 11 is 6.04. The molecule has 4 nitrogen and oxygen atoms in total. The minimum Gasteiger partial charge on any atom is -0.349 e. The molecular weight excluding hydrogens is 298 g/mol. The van der Waals surface area contributed by atoms with Crippen molar-refractivity contribution in [1.29, 1.82) is 0 Å². The van der Waals surface area contributed by atoms with Gasteiger partial charge in [-0.25, -0.2) is 4.68 Å². The van der Waals surface area contributed by atoms with Gasteiger partial charge >= 0.3 is 0 Å². The van der Waals surface area contributed by atoms with Gasteiger partial charge in [-0.2, -0.15) is 5.10 Å². The molecule has 0 radical (unpaired) electrons. The molecule has 0 fully saturated rings. The minimum atomic E-state index is -0.0638. The Bertz CT molecular complexity index is 651. The third-order valence-electron chi connectivity index (χ3n) is 3.60. The zero-order valence-corrected chi connectivity index (χ0v) is 14.0. The third kappa shape index (κ3) is 3.69. The van der Waals surface area contributed by atoms with Gasteiger partial charge in [0.15, 0.2) is 0 Å². The molecule has 5 heteroatoms. The largest absolute Gasteiger partial charge is 0.349 e. The number of nitrogens with one attached hydrogen (secondary N) is 1. The Hall–Kier alpha value is -1.81. The second-order valence-electron chi connectivity index (χ2n) is 5.41. The fraction of sp³-hybridized carbons (Fsp3) is 0.412. The monoisotopic (exact) mass is 319 g/mol. The van der Waals surface area contributed by atoms with Crippen molar-refractivity contribution in [3.05, 3.63) is 46.7 Å². The number of carbonyl (C=O) groups excluding carboxylic acids is 1. The van der Waals surface area contributed by atoms with Crippen LogP contribution in [0.4, 0.5) is 0 Å². The van der Waals surface area contributed by atoms with E-state index in [1.165, 1.54) is 0 Å². The van der Waals surface area contributed by atoms with Crippen molar-refractivity contribution in [2.75, 3.05) is 0 Å². The molecule has 0 spiro atoms. The Kier molecular flexibility index (Phi) is 5.61. The maximum Gasteiger partial charge on any atom is 0.254 e. The normalized spacial score (nSPS) is 12.2. The molecule has 0 saturated carbocycles. The summed E-state index contributed by atoms with van der Waals surface area (Å²) in [7, 11) is 0. The van der Waals surface area contributed by atoms with Crippen molar-refractivity contribution < 1.29 is 4.79 Å². The lowest BCUT2D eigenvalue weighted by Crippen LogP contribution is -2.32. The van der Waals surface area contributed by atoms with Gasteiger partial charge in [-0.3, -0.25) is 4.79 Å². The number of amides is 1. The fourth-order valence-corrected chi connectivity index (χ4v) is 2.73. The molecule has 1 N–H and O–H groups in total. The van der Waals surface area contributed by atoms with Gasteiger partial charge in [0.2, 0.25) is 0 Å². The van der Waals surface area contributed by atoms with E-state index in [1.807, 2.05) is 38.1 Å². The maximum absolute atomic E-state index is 12.4. The van der Waals surface area contributed by atoms with E-state index in [0.717, 1.165) is 30.6 Å². The summed E-state index contributed by atoms with van der Waals surface area (Å²) in [5, 5.41) is 8.05. The lowest BCUT2D eigenvalue weighted by Gasteiger charge is -2.13. The Labute approximate surface area is 136 Å². The second-order valence-corrected chi connectivity index (χ2v) is 5.85. The van der Waals surface area contributed by atoms with Gasteiger partial charge in [-0.1, -0.05) is 37.9 Å². The smallest absolute Gasteiger partial charge is 0.254 e. The van der Waals surface area contributed by atoms with Crippen molar-refractivity contribution >= 4 is 17.5 Å². The number of hydrogen-bond donors (Lipinski definition) is 1. The van der Waals surface area contributed by atoms with Crippen LogP contribution in [0.25, 0.3) is 5.69 Å². The van der Waals surface area contributed by atoms with E-state index in [-0.39, 0.29) is 11.9 Å². The Morgan fingerprint density at radius 2 is 2.18 bits per heavy atom. The molecule has 1 heterocycles. The SMILES string of the molecule is CCCC(C)NC(=O)c1cnn(-c2cccc(Cl)c2)c1CC. The average molecular weight is 320 g/mol. The number of halogens is 1. The molecule has 1 aromatic carbocycles. The fourth-order valence-electron chi connectivity index (χ4n) is 2.54. The van der Waals surface area contributed by atoms with Crippen molar-refractivity contribution in [2.45, 2.75) is 46.1 Å². The lowest BCUT2D eigenvalue weighted by molar-refractivity contribution is 0.0937. The van der Waals surface area contributed by atoms with E-state index in [9.17, 15) is 4.79 Å². The number of nitrogens with zero attached hydrogens (tertiary/aromatic N) is 2. The number of carbonyl (C=O) groups is 1. The minimum absolute atomic E-state index is 0.0638. The standard InChI is InChI=1S/C17H22ClN3O/c1-4-7-12(3)20-17(22)15-11-19-21(16(15)5-2)14-9-6-8-13(18)10-14/h6,8-12H,4-5,7H2,1-3H3,(H,20,22). The third-order valence-corrected chi connectivity index (χ3v) is 3.84. The topological polar surface area (TPSA) is 46.9 Å². The quantitative estimate of drug-likeness (QED) is 0.874. The Morgan fingerprint density at radius 3 is 2.82 bits per heavy atom. The number of rotatable bonds is 6. The summed E-state index contributed by atoms with van der Waals surface area (Å²) in [6.07, 6.45) is 4.37. The van der Waals surface area contributed by atoms with Gasteiger partial charge in [0.25, 0.3) is 5.91 Å². The average Bonchev–Trinajstić information content (AvgIpc) is 2.91. The molecule has 0 aliphatic heterocycles. The molecular formula is C17H22ClN3O. The first-order valence-electron chi connectivity index (χ1n) is 7.70. The van der Waals surface area contributed by atoms with Crippen molar-refractivity contribution in [2.24, 2.45) is 0 Å². The van der Waals surface area contributed by atoms with E-state index < -0.39 is 0 Å². The van der Waals surface area contributed by atoms with E-state index in [1.54, 1.807) is 10.9 Å². The predicted octanol–water partition coefficient (Wildman–Crippen LogP) is 4.01. The first-order valence-corrected chi connectivity index (χ1v) is 8.08. The van der Waals surface area contributed by atoms with Crippen LogP contribution in [-0.4, -0.2) is 21.7 Å². The van der Waals surface area contributed by atoms with Gasteiger partial charge < -0.3 is 5.32 Å². The molecule has 1 atom stereocenters. The molecule has 22 heavy (non-hydrogen) atoms. The zero-order chi connectivity index (χ0) is 16.1. The first-order chi connectivity index (χ1) is 10.6. The van der Waals surface area contributed by atoms with Crippen LogP contribution in [0.2, 0.25) is 5.02 Å². The molecule has 0 saturated heterocycles. The molecule has 118 valence electrons. The van der Waals surface area contributed by atoms with Crippen LogP contribution in [0.1, 0.15) is 49.7 Å². The van der Waals surface area contributed by atoms with Gasteiger partial charge in [-0.05, 0) is 38.0 Å². The van der Waals surface area contributed by atoms with Crippen LogP contribution in [0.5, 0.6) is 0 Å². The van der Waals surface area contributed by atoms with Gasteiger partial charge in [0.05, 0.1) is 23.1 Å². The van der Waals surface area contributed by atoms with Crippen LogP contribution in [-0.2, 0) is 6.42 Å². The lowest BCUT2D eigenvalue weighted by atomic mass is 10.1. The summed E-state index contributed by atoms with van der Waals surface area (Å²) in [5.74, 6) is -0.0638. The van der Waals surface area contributed by atoms with Gasteiger partial charge in [-0.15, -0.1) is 0 Å². The predicted molar refractivity (Wildman–Crippen MR) is 89.8 cm³/mol. The summed E-state index contributed by atoms with van der Waals surface area (Å²) in [6, 6.07) is 7.63. The van der Waals surface area contributed by atoms with Crippen LogP contribution >= 0.6 is 11.6 Å². The summed E-state index contributed by atoms with van der Waals surface area (Å²) < 4.78 is 1.78. The van der Waals surface area contributed by atoms with Crippen LogP contribution in [0.15, 0.2) is 30.5 Å². The molecule has 1 amide bonds. The van der Waals surface area contributed by atoms with Crippen LogP contribution in [0, 0.1) is 0 Å². The van der Waals surface area contributed by atoms with Crippen LogP contribution < -0.4 is 5.32 Å². The maximum atomic E-state index is 12.4. The first kappa shape index (κ1) is 16.6. The number of hydrogen-bond acceptors (Lipinski definition) is 2. The van der Waals surface area contributed by atoms with E-state index in [4.69, 9.17) is 11.6 Å².